The second-order valence-corrected chi connectivity index (χ2v) is 6.33. The molecular weight excluding hydrogens is 278 g/mol. The van der Waals surface area contributed by atoms with E-state index < -0.39 is 0 Å². The van der Waals surface area contributed by atoms with E-state index in [0.29, 0.717) is 0 Å². The van der Waals surface area contributed by atoms with E-state index in [9.17, 15) is 0 Å². The largest absolute Gasteiger partial charge is 0.398 e. The Morgan fingerprint density at radius 2 is 1.43 bits per heavy atom. The predicted molar refractivity (Wildman–Crippen MR) is 101 cm³/mol. The number of benzene rings is 5. The van der Waals surface area contributed by atoms with Crippen molar-refractivity contribution in [3.63, 3.8) is 0 Å². The number of anilines is 1. The summed E-state index contributed by atoms with van der Waals surface area (Å²) < 4.78 is 0. The first-order valence-corrected chi connectivity index (χ1v) is 8.15. The molecule has 23 heavy (non-hydrogen) atoms. The lowest BCUT2D eigenvalue weighted by atomic mass is 9.88. The average Bonchev–Trinajstić information content (AvgIpc) is 2.59. The third-order valence-corrected chi connectivity index (χ3v) is 5.08. The van der Waals surface area contributed by atoms with Gasteiger partial charge in [-0.3, -0.25) is 0 Å². The SMILES string of the molecule is CCc1cc2cccc3c4cccc5ccc(N)c(c(c1)c23)c54. The minimum Gasteiger partial charge on any atom is -0.398 e. The highest BCUT2D eigenvalue weighted by Gasteiger charge is 2.14. The summed E-state index contributed by atoms with van der Waals surface area (Å²) in [6.45, 7) is 2.21. The van der Waals surface area contributed by atoms with Crippen molar-refractivity contribution in [3.8, 4) is 0 Å². The first-order chi connectivity index (χ1) is 11.3. The van der Waals surface area contributed by atoms with Gasteiger partial charge in [-0.2, -0.15) is 0 Å². The fourth-order valence-electron chi connectivity index (χ4n) is 4.03. The molecule has 5 aromatic rings. The van der Waals surface area contributed by atoms with Crippen LogP contribution in [0.2, 0.25) is 0 Å². The number of fused-ring (bicyclic) bond motifs is 2. The Labute approximate surface area is 134 Å². The molecule has 0 saturated heterocycles. The van der Waals surface area contributed by atoms with Crippen LogP contribution in [0.5, 0.6) is 0 Å². The average molecular weight is 295 g/mol. The van der Waals surface area contributed by atoms with Gasteiger partial charge < -0.3 is 5.73 Å². The lowest BCUT2D eigenvalue weighted by molar-refractivity contribution is 1.15. The van der Waals surface area contributed by atoms with Crippen LogP contribution in [0.1, 0.15) is 12.5 Å². The van der Waals surface area contributed by atoms with Gasteiger partial charge in [-0.1, -0.05) is 61.5 Å². The maximum absolute atomic E-state index is 6.42. The van der Waals surface area contributed by atoms with Crippen molar-refractivity contribution in [2.45, 2.75) is 13.3 Å². The van der Waals surface area contributed by atoms with Crippen LogP contribution in [-0.2, 0) is 6.42 Å². The van der Waals surface area contributed by atoms with Crippen molar-refractivity contribution in [1.82, 2.24) is 0 Å². The molecule has 1 nitrogen and oxygen atoms in total. The first-order valence-electron chi connectivity index (χ1n) is 8.15. The molecule has 0 fully saturated rings. The van der Waals surface area contributed by atoms with Crippen molar-refractivity contribution < 1.29 is 0 Å². The van der Waals surface area contributed by atoms with Crippen LogP contribution in [0.15, 0.2) is 60.7 Å². The minimum absolute atomic E-state index is 0.869. The van der Waals surface area contributed by atoms with Gasteiger partial charge >= 0.3 is 0 Å². The van der Waals surface area contributed by atoms with Gasteiger partial charge in [0.15, 0.2) is 0 Å². The Kier molecular flexibility index (Phi) is 2.41. The van der Waals surface area contributed by atoms with Crippen molar-refractivity contribution in [1.29, 1.82) is 0 Å². The standard InChI is InChI=1S/C22H17N/c1-2-13-11-15-6-4-7-16-17-8-3-5-14-9-10-19(23)22(21(14)17)18(12-13)20(15)16/h3-12H,2,23H2,1H3. The lowest BCUT2D eigenvalue weighted by Gasteiger charge is -2.16. The Bertz CT molecular complexity index is 1200. The molecule has 0 aliphatic carbocycles. The third-order valence-electron chi connectivity index (χ3n) is 5.08. The number of aryl methyl sites for hydroxylation is 1. The summed E-state index contributed by atoms with van der Waals surface area (Å²) in [7, 11) is 0. The Morgan fingerprint density at radius 1 is 0.696 bits per heavy atom. The van der Waals surface area contributed by atoms with Crippen molar-refractivity contribution in [2.75, 3.05) is 5.73 Å². The molecule has 0 unspecified atom stereocenters. The molecule has 0 spiro atoms. The maximum Gasteiger partial charge on any atom is 0.0400 e. The van der Waals surface area contributed by atoms with E-state index in [2.05, 4.69) is 61.5 Å². The quantitative estimate of drug-likeness (QED) is 0.233. The molecule has 0 heterocycles. The van der Waals surface area contributed by atoms with Crippen LogP contribution in [0.3, 0.4) is 0 Å². The summed E-state index contributed by atoms with van der Waals surface area (Å²) in [6.07, 6.45) is 1.03. The highest BCUT2D eigenvalue weighted by Crippen LogP contribution is 2.42. The molecule has 0 aliphatic heterocycles. The van der Waals surface area contributed by atoms with E-state index in [1.807, 2.05) is 6.07 Å². The highest BCUT2D eigenvalue weighted by atomic mass is 14.6. The fraction of sp³-hybridized carbons (Fsp3) is 0.0909. The predicted octanol–water partition coefficient (Wildman–Crippen LogP) is 5.88. The van der Waals surface area contributed by atoms with Crippen LogP contribution < -0.4 is 5.73 Å². The molecule has 0 aromatic heterocycles. The molecule has 5 aromatic carbocycles. The molecule has 0 radical (unpaired) electrons. The van der Waals surface area contributed by atoms with E-state index in [0.717, 1.165) is 12.1 Å². The van der Waals surface area contributed by atoms with Gasteiger partial charge in [0.1, 0.15) is 0 Å². The summed E-state index contributed by atoms with van der Waals surface area (Å²) in [5, 5.41) is 10.3. The molecule has 2 N–H and O–H groups in total. The van der Waals surface area contributed by atoms with Gasteiger partial charge in [-0.15, -0.1) is 0 Å². The Balaban J connectivity index is 2.25. The van der Waals surface area contributed by atoms with Gasteiger partial charge in [-0.05, 0) is 55.8 Å². The van der Waals surface area contributed by atoms with Gasteiger partial charge in [0.25, 0.3) is 0 Å². The third kappa shape index (κ3) is 1.57. The molecular formula is C22H17N. The number of rotatable bonds is 1. The molecule has 1 heteroatoms. The van der Waals surface area contributed by atoms with Crippen LogP contribution in [0.4, 0.5) is 5.69 Å². The molecule has 0 saturated carbocycles. The van der Waals surface area contributed by atoms with Gasteiger partial charge in [0.2, 0.25) is 0 Å². The van der Waals surface area contributed by atoms with E-state index >= 15 is 0 Å². The second-order valence-electron chi connectivity index (χ2n) is 6.33. The number of nitrogen functional groups attached to an aromatic ring is 1. The van der Waals surface area contributed by atoms with Crippen molar-refractivity contribution in [3.05, 3.63) is 66.2 Å². The van der Waals surface area contributed by atoms with E-state index in [1.165, 1.54) is 48.7 Å². The normalized spacial score (nSPS) is 12.0. The number of nitrogens with two attached hydrogens (primary N) is 1. The zero-order valence-electron chi connectivity index (χ0n) is 13.1. The van der Waals surface area contributed by atoms with Crippen LogP contribution in [0.25, 0.3) is 43.1 Å². The van der Waals surface area contributed by atoms with Crippen LogP contribution in [-0.4, -0.2) is 0 Å². The monoisotopic (exact) mass is 295 g/mol. The summed E-state index contributed by atoms with van der Waals surface area (Å²) >= 11 is 0. The smallest absolute Gasteiger partial charge is 0.0400 e. The second kappa shape index (κ2) is 4.36. The first kappa shape index (κ1) is 12.7. The van der Waals surface area contributed by atoms with Gasteiger partial charge in [-0.25, -0.2) is 0 Å². The lowest BCUT2D eigenvalue weighted by Crippen LogP contribution is -1.93. The summed E-state index contributed by atoms with van der Waals surface area (Å²) in [4.78, 5) is 0. The topological polar surface area (TPSA) is 26.0 Å². The molecule has 5 rings (SSSR count). The van der Waals surface area contributed by atoms with E-state index in [4.69, 9.17) is 5.73 Å². The van der Waals surface area contributed by atoms with E-state index in [1.54, 1.807) is 0 Å². The Morgan fingerprint density at radius 3 is 2.22 bits per heavy atom. The fourth-order valence-corrected chi connectivity index (χ4v) is 4.03. The molecule has 0 aliphatic rings. The minimum atomic E-state index is 0.869. The molecule has 110 valence electrons. The van der Waals surface area contributed by atoms with Crippen LogP contribution in [0, 0.1) is 0 Å². The number of hydrogen-bond donors (Lipinski definition) is 1. The van der Waals surface area contributed by atoms with E-state index in [-0.39, 0.29) is 0 Å². The van der Waals surface area contributed by atoms with Crippen LogP contribution >= 0.6 is 0 Å². The maximum atomic E-state index is 6.42. The van der Waals surface area contributed by atoms with Crippen molar-refractivity contribution >= 4 is 48.8 Å². The van der Waals surface area contributed by atoms with Gasteiger partial charge in [0.05, 0.1) is 0 Å². The van der Waals surface area contributed by atoms with Crippen molar-refractivity contribution in [2.24, 2.45) is 0 Å². The summed E-state index contributed by atoms with van der Waals surface area (Å²) in [5.41, 5.74) is 8.65. The Hall–Kier alpha value is -2.80. The van der Waals surface area contributed by atoms with Gasteiger partial charge in [0, 0.05) is 11.1 Å². The molecule has 0 bridgehead atoms. The highest BCUT2D eigenvalue weighted by molar-refractivity contribution is 6.35. The number of hydrogen-bond acceptors (Lipinski definition) is 1. The zero-order chi connectivity index (χ0) is 15.6. The summed E-state index contributed by atoms with van der Waals surface area (Å²) in [5.74, 6) is 0. The zero-order valence-corrected chi connectivity index (χ0v) is 13.1. The summed E-state index contributed by atoms with van der Waals surface area (Å²) in [6, 6.07) is 22.0. The molecule has 0 atom stereocenters. The molecule has 0 amide bonds.